The second-order valence-electron chi connectivity index (χ2n) is 5.23. The molecule has 0 amide bonds. The molecule has 2 rings (SSSR count). The smallest absolute Gasteiger partial charge is 0.191 e. The number of hydrogen-bond donors (Lipinski definition) is 2. The molecule has 5 heteroatoms. The molecule has 1 aliphatic heterocycles. The molecule has 1 aliphatic carbocycles. The van der Waals surface area contributed by atoms with Crippen molar-refractivity contribution in [2.75, 3.05) is 39.8 Å². The quantitative estimate of drug-likeness (QED) is 0.442. The lowest BCUT2D eigenvalue weighted by atomic mass is 10.1. The molecule has 18 heavy (non-hydrogen) atoms. The highest BCUT2D eigenvalue weighted by molar-refractivity contribution is 14.0. The number of nitrogens with one attached hydrogen (secondary N) is 2. The van der Waals surface area contributed by atoms with E-state index in [0.29, 0.717) is 0 Å². The van der Waals surface area contributed by atoms with Crippen LogP contribution in [0.3, 0.4) is 0 Å². The van der Waals surface area contributed by atoms with Crippen LogP contribution in [-0.4, -0.2) is 50.6 Å². The number of nitrogens with zero attached hydrogens (tertiary/aromatic N) is 2. The van der Waals surface area contributed by atoms with Crippen molar-refractivity contribution in [2.24, 2.45) is 10.9 Å². The topological polar surface area (TPSA) is 39.7 Å². The van der Waals surface area contributed by atoms with E-state index in [1.807, 2.05) is 7.05 Å². The van der Waals surface area contributed by atoms with Gasteiger partial charge < -0.3 is 15.5 Å². The maximum absolute atomic E-state index is 4.25. The van der Waals surface area contributed by atoms with E-state index in [0.717, 1.165) is 31.5 Å². The first-order valence-corrected chi connectivity index (χ1v) is 7.05. The van der Waals surface area contributed by atoms with Gasteiger partial charge >= 0.3 is 0 Å². The third-order valence-electron chi connectivity index (χ3n) is 3.65. The summed E-state index contributed by atoms with van der Waals surface area (Å²) in [4.78, 5) is 6.79. The van der Waals surface area contributed by atoms with Gasteiger partial charge in [-0.1, -0.05) is 6.42 Å². The summed E-state index contributed by atoms with van der Waals surface area (Å²) in [5.41, 5.74) is 0. The predicted molar refractivity (Wildman–Crippen MR) is 87.8 cm³/mol. The van der Waals surface area contributed by atoms with Crippen molar-refractivity contribution in [2.45, 2.75) is 32.1 Å². The molecular weight excluding hydrogens is 339 g/mol. The number of likely N-dealkylation sites (tertiary alicyclic amines) is 1. The molecule has 0 spiro atoms. The minimum absolute atomic E-state index is 0. The van der Waals surface area contributed by atoms with Crippen LogP contribution in [0.25, 0.3) is 0 Å². The Labute approximate surface area is 128 Å². The molecule has 2 aliphatic rings. The van der Waals surface area contributed by atoms with Gasteiger partial charge in [-0.2, -0.15) is 0 Å². The Hall–Kier alpha value is -0.0400. The van der Waals surface area contributed by atoms with E-state index in [2.05, 4.69) is 20.5 Å². The Kier molecular flexibility index (Phi) is 7.97. The highest BCUT2D eigenvalue weighted by atomic mass is 127. The fourth-order valence-electron chi connectivity index (χ4n) is 2.30. The van der Waals surface area contributed by atoms with Gasteiger partial charge in [0.05, 0.1) is 0 Å². The molecule has 0 radical (unpaired) electrons. The van der Waals surface area contributed by atoms with Crippen molar-refractivity contribution in [3.8, 4) is 0 Å². The standard InChI is InChI=1S/C13H26N4.HI/c1-14-13(16-11-12-5-6-12)15-7-10-17-8-3-2-4-9-17;/h12H,2-11H2,1H3,(H2,14,15,16);1H. The maximum atomic E-state index is 4.25. The number of piperidine rings is 1. The van der Waals surface area contributed by atoms with E-state index in [1.165, 1.54) is 45.2 Å². The van der Waals surface area contributed by atoms with Crippen molar-refractivity contribution >= 4 is 29.9 Å². The molecule has 1 saturated heterocycles. The van der Waals surface area contributed by atoms with Crippen molar-refractivity contribution < 1.29 is 0 Å². The van der Waals surface area contributed by atoms with Gasteiger partial charge in [-0.25, -0.2) is 0 Å². The number of hydrogen-bond acceptors (Lipinski definition) is 2. The largest absolute Gasteiger partial charge is 0.356 e. The van der Waals surface area contributed by atoms with E-state index in [9.17, 15) is 0 Å². The molecule has 106 valence electrons. The SMILES string of the molecule is CN=C(NCCN1CCCCC1)NCC1CC1.I. The highest BCUT2D eigenvalue weighted by Gasteiger charge is 2.21. The van der Waals surface area contributed by atoms with Crippen LogP contribution in [0.5, 0.6) is 0 Å². The van der Waals surface area contributed by atoms with Gasteiger partial charge in [0.1, 0.15) is 0 Å². The molecule has 4 nitrogen and oxygen atoms in total. The Bertz CT molecular complexity index is 247. The molecular formula is C13H27IN4. The molecule has 0 aromatic carbocycles. The first-order chi connectivity index (χ1) is 8.38. The second kappa shape index (κ2) is 8.96. The van der Waals surface area contributed by atoms with Crippen molar-refractivity contribution in [3.63, 3.8) is 0 Å². The summed E-state index contributed by atoms with van der Waals surface area (Å²) in [5, 5.41) is 6.79. The average Bonchev–Trinajstić information content (AvgIpc) is 3.19. The molecule has 1 saturated carbocycles. The van der Waals surface area contributed by atoms with Gasteiger partial charge in [0.2, 0.25) is 0 Å². The lowest BCUT2D eigenvalue weighted by Crippen LogP contribution is -2.43. The Morgan fingerprint density at radius 3 is 2.50 bits per heavy atom. The molecule has 0 atom stereocenters. The number of rotatable bonds is 5. The van der Waals surface area contributed by atoms with E-state index >= 15 is 0 Å². The zero-order valence-corrected chi connectivity index (χ0v) is 13.8. The summed E-state index contributed by atoms with van der Waals surface area (Å²) >= 11 is 0. The van der Waals surface area contributed by atoms with Gasteiger partial charge in [0.15, 0.2) is 5.96 Å². The molecule has 2 N–H and O–H groups in total. The average molecular weight is 366 g/mol. The summed E-state index contributed by atoms with van der Waals surface area (Å²) in [6.45, 7) is 5.78. The Balaban J connectivity index is 0.00000162. The lowest BCUT2D eigenvalue weighted by Gasteiger charge is -2.26. The van der Waals surface area contributed by atoms with E-state index in [4.69, 9.17) is 0 Å². The molecule has 2 fully saturated rings. The van der Waals surface area contributed by atoms with Crippen LogP contribution in [0.15, 0.2) is 4.99 Å². The molecule has 1 heterocycles. The number of halogens is 1. The van der Waals surface area contributed by atoms with Crippen molar-refractivity contribution in [1.82, 2.24) is 15.5 Å². The summed E-state index contributed by atoms with van der Waals surface area (Å²) in [5.74, 6) is 1.87. The Morgan fingerprint density at radius 2 is 1.89 bits per heavy atom. The summed E-state index contributed by atoms with van der Waals surface area (Å²) < 4.78 is 0. The summed E-state index contributed by atoms with van der Waals surface area (Å²) in [7, 11) is 1.85. The van der Waals surface area contributed by atoms with Crippen molar-refractivity contribution in [1.29, 1.82) is 0 Å². The predicted octanol–water partition coefficient (Wildman–Crippen LogP) is 1.67. The Morgan fingerprint density at radius 1 is 1.17 bits per heavy atom. The number of aliphatic imine (C=N–C) groups is 1. The van der Waals surface area contributed by atoms with Gasteiger partial charge in [0.25, 0.3) is 0 Å². The normalized spacial score (nSPS) is 21.3. The first kappa shape index (κ1) is 16.0. The molecule has 0 aromatic rings. The van der Waals surface area contributed by atoms with Gasteiger partial charge in [0, 0.05) is 26.7 Å². The summed E-state index contributed by atoms with van der Waals surface area (Å²) in [6.07, 6.45) is 6.92. The van der Waals surface area contributed by atoms with E-state index in [-0.39, 0.29) is 24.0 Å². The minimum Gasteiger partial charge on any atom is -0.356 e. The zero-order chi connectivity index (χ0) is 11.9. The third-order valence-corrected chi connectivity index (χ3v) is 3.65. The van der Waals surface area contributed by atoms with Crippen LogP contribution in [0.2, 0.25) is 0 Å². The van der Waals surface area contributed by atoms with E-state index < -0.39 is 0 Å². The van der Waals surface area contributed by atoms with Crippen LogP contribution in [0.1, 0.15) is 32.1 Å². The third kappa shape index (κ3) is 6.22. The fourth-order valence-corrected chi connectivity index (χ4v) is 2.30. The van der Waals surface area contributed by atoms with Gasteiger partial charge in [-0.3, -0.25) is 4.99 Å². The van der Waals surface area contributed by atoms with Crippen molar-refractivity contribution in [3.05, 3.63) is 0 Å². The molecule has 0 aromatic heterocycles. The zero-order valence-electron chi connectivity index (χ0n) is 11.5. The van der Waals surface area contributed by atoms with Crippen LogP contribution in [0, 0.1) is 5.92 Å². The second-order valence-corrected chi connectivity index (χ2v) is 5.23. The van der Waals surface area contributed by atoms with E-state index in [1.54, 1.807) is 0 Å². The molecule has 0 bridgehead atoms. The van der Waals surface area contributed by atoms with Crippen LogP contribution >= 0.6 is 24.0 Å². The van der Waals surface area contributed by atoms with Crippen LogP contribution < -0.4 is 10.6 Å². The minimum atomic E-state index is 0. The van der Waals surface area contributed by atoms with Gasteiger partial charge in [-0.15, -0.1) is 24.0 Å². The summed E-state index contributed by atoms with van der Waals surface area (Å²) in [6, 6.07) is 0. The van der Waals surface area contributed by atoms with Gasteiger partial charge in [-0.05, 0) is 44.7 Å². The van der Waals surface area contributed by atoms with Crippen LogP contribution in [0.4, 0.5) is 0 Å². The molecule has 0 unspecified atom stereocenters. The first-order valence-electron chi connectivity index (χ1n) is 7.05. The highest BCUT2D eigenvalue weighted by Crippen LogP contribution is 2.27. The fraction of sp³-hybridized carbons (Fsp3) is 0.923. The number of guanidine groups is 1. The lowest BCUT2D eigenvalue weighted by molar-refractivity contribution is 0.232. The monoisotopic (exact) mass is 366 g/mol. The maximum Gasteiger partial charge on any atom is 0.191 e. The van der Waals surface area contributed by atoms with Crippen LogP contribution in [-0.2, 0) is 0 Å².